The van der Waals surface area contributed by atoms with Crippen molar-refractivity contribution in [2.75, 3.05) is 7.05 Å². The smallest absolute Gasteiger partial charge is 0.271 e. The molecule has 0 radical (unpaired) electrons. The van der Waals surface area contributed by atoms with Crippen LogP contribution in [0.3, 0.4) is 0 Å². The van der Waals surface area contributed by atoms with E-state index in [-0.39, 0.29) is 23.2 Å². The van der Waals surface area contributed by atoms with Crippen LogP contribution < -0.4 is 15.9 Å². The third-order valence-electron chi connectivity index (χ3n) is 5.67. The summed E-state index contributed by atoms with van der Waals surface area (Å²) in [4.78, 5) is 26.9. The molecule has 3 unspecified atom stereocenters. The number of carbonyl (C=O) groups excluding carboxylic acids is 2. The fraction of sp³-hybridized carbons (Fsp3) is 0.286. The molecule has 2 aliphatic heterocycles. The summed E-state index contributed by atoms with van der Waals surface area (Å²) in [5.41, 5.74) is 8.88. The number of hydrogen-bond acceptors (Lipinski definition) is 4. The fourth-order valence-corrected chi connectivity index (χ4v) is 3.98. The van der Waals surface area contributed by atoms with Gasteiger partial charge in [0.2, 0.25) is 5.91 Å². The standard InChI is InChI=1S/C21H21FN4O3/c1-21-11-15(14-5-3-4-6-16(14)29-21)17(20(28)26(21)2)18(23)24-25-19(27)12-7-9-13(22)10-8-12/h3-10,15,17H,11H2,1-2H3,(H2,23,24)(H,25,27). The van der Waals surface area contributed by atoms with Gasteiger partial charge in [0.05, 0.1) is 0 Å². The maximum atomic E-state index is 13.1. The molecule has 2 aliphatic rings. The Balaban J connectivity index is 1.63. The Morgan fingerprint density at radius 1 is 1.28 bits per heavy atom. The van der Waals surface area contributed by atoms with Crippen molar-refractivity contribution in [3.05, 3.63) is 65.5 Å². The van der Waals surface area contributed by atoms with E-state index in [1.807, 2.05) is 31.2 Å². The molecular weight excluding hydrogens is 375 g/mol. The van der Waals surface area contributed by atoms with Crippen molar-refractivity contribution >= 4 is 17.6 Å². The maximum Gasteiger partial charge on any atom is 0.271 e. The van der Waals surface area contributed by atoms with Gasteiger partial charge < -0.3 is 15.4 Å². The molecule has 29 heavy (non-hydrogen) atoms. The minimum absolute atomic E-state index is 0.0149. The number of piperidine rings is 1. The zero-order valence-electron chi connectivity index (χ0n) is 16.1. The number of halogens is 1. The van der Waals surface area contributed by atoms with Gasteiger partial charge in [0, 0.05) is 24.9 Å². The van der Waals surface area contributed by atoms with E-state index in [0.29, 0.717) is 12.2 Å². The van der Waals surface area contributed by atoms with Gasteiger partial charge in [-0.2, -0.15) is 5.10 Å². The normalized spacial score (nSPS) is 25.8. The first-order chi connectivity index (χ1) is 13.8. The zero-order valence-corrected chi connectivity index (χ0v) is 16.1. The summed E-state index contributed by atoms with van der Waals surface area (Å²) >= 11 is 0. The summed E-state index contributed by atoms with van der Waals surface area (Å²) in [5.74, 6) is -1.44. The second-order valence-electron chi connectivity index (χ2n) is 7.48. The molecule has 3 N–H and O–H groups in total. The fourth-order valence-electron chi connectivity index (χ4n) is 3.98. The van der Waals surface area contributed by atoms with Crippen molar-refractivity contribution in [2.24, 2.45) is 16.8 Å². The van der Waals surface area contributed by atoms with Crippen LogP contribution in [0.2, 0.25) is 0 Å². The minimum atomic E-state index is -0.774. The summed E-state index contributed by atoms with van der Waals surface area (Å²) in [5, 5.41) is 3.99. The van der Waals surface area contributed by atoms with Gasteiger partial charge in [-0.3, -0.25) is 9.59 Å². The van der Waals surface area contributed by atoms with Crippen molar-refractivity contribution in [3.8, 4) is 5.75 Å². The molecule has 150 valence electrons. The largest absolute Gasteiger partial charge is 0.468 e. The van der Waals surface area contributed by atoms with Crippen LogP contribution in [0.1, 0.15) is 35.2 Å². The Bertz CT molecular complexity index is 1010. The van der Waals surface area contributed by atoms with E-state index in [9.17, 15) is 14.0 Å². The number of carbonyl (C=O) groups is 2. The molecule has 1 saturated heterocycles. The van der Waals surface area contributed by atoms with Gasteiger partial charge in [-0.15, -0.1) is 0 Å². The molecule has 2 heterocycles. The van der Waals surface area contributed by atoms with Crippen LogP contribution in [0.5, 0.6) is 5.75 Å². The van der Waals surface area contributed by atoms with Crippen molar-refractivity contribution in [1.82, 2.24) is 10.3 Å². The third-order valence-corrected chi connectivity index (χ3v) is 5.67. The first-order valence-corrected chi connectivity index (χ1v) is 9.25. The van der Waals surface area contributed by atoms with E-state index in [4.69, 9.17) is 10.5 Å². The van der Waals surface area contributed by atoms with Gasteiger partial charge in [0.1, 0.15) is 23.3 Å². The summed E-state index contributed by atoms with van der Waals surface area (Å²) in [6, 6.07) is 12.6. The summed E-state index contributed by atoms with van der Waals surface area (Å²) in [7, 11) is 1.67. The van der Waals surface area contributed by atoms with E-state index in [2.05, 4.69) is 10.5 Å². The number of ether oxygens (including phenoxy) is 1. The molecule has 4 rings (SSSR count). The monoisotopic (exact) mass is 396 g/mol. The Morgan fingerprint density at radius 2 is 1.97 bits per heavy atom. The van der Waals surface area contributed by atoms with Crippen molar-refractivity contribution in [1.29, 1.82) is 0 Å². The predicted molar refractivity (Wildman–Crippen MR) is 105 cm³/mol. The van der Waals surface area contributed by atoms with Crippen LogP contribution in [0.15, 0.2) is 53.6 Å². The Kier molecular flexibility index (Phi) is 4.49. The number of amidine groups is 1. The molecule has 0 saturated carbocycles. The molecule has 8 heteroatoms. The van der Waals surface area contributed by atoms with Crippen molar-refractivity contribution < 1.29 is 18.7 Å². The summed E-state index contributed by atoms with van der Waals surface area (Å²) < 4.78 is 19.1. The average Bonchev–Trinajstić information content (AvgIpc) is 2.71. The number of fused-ring (bicyclic) bond motifs is 4. The number of para-hydroxylation sites is 1. The van der Waals surface area contributed by atoms with E-state index in [1.54, 1.807) is 7.05 Å². The van der Waals surface area contributed by atoms with Crippen LogP contribution in [0, 0.1) is 11.7 Å². The number of likely N-dealkylation sites (tertiary alicyclic amines) is 1. The van der Waals surface area contributed by atoms with Crippen LogP contribution in [-0.4, -0.2) is 35.3 Å². The first kappa shape index (κ1) is 18.9. The SMILES string of the molecule is CN1C(=O)C(C(N)=NNC(=O)c2ccc(F)cc2)C2CC1(C)Oc1ccccc12. The van der Waals surface area contributed by atoms with E-state index < -0.39 is 23.4 Å². The topological polar surface area (TPSA) is 97.0 Å². The van der Waals surface area contributed by atoms with Crippen LogP contribution >= 0.6 is 0 Å². The van der Waals surface area contributed by atoms with Gasteiger partial charge in [-0.25, -0.2) is 9.82 Å². The highest BCUT2D eigenvalue weighted by molar-refractivity contribution is 6.05. The second kappa shape index (κ2) is 6.88. The summed E-state index contributed by atoms with van der Waals surface area (Å²) in [6.45, 7) is 1.87. The van der Waals surface area contributed by atoms with E-state index >= 15 is 0 Å². The number of rotatable bonds is 3. The van der Waals surface area contributed by atoms with Crippen LogP contribution in [-0.2, 0) is 4.79 Å². The molecular formula is C21H21FN4O3. The average molecular weight is 396 g/mol. The highest BCUT2D eigenvalue weighted by Crippen LogP contribution is 2.49. The number of nitrogens with zero attached hydrogens (tertiary/aromatic N) is 2. The van der Waals surface area contributed by atoms with Crippen LogP contribution in [0.25, 0.3) is 0 Å². The highest BCUT2D eigenvalue weighted by Gasteiger charge is 2.53. The van der Waals surface area contributed by atoms with Gasteiger partial charge in [-0.1, -0.05) is 18.2 Å². The molecule has 2 amide bonds. The zero-order chi connectivity index (χ0) is 20.8. The molecule has 2 aromatic rings. The van der Waals surface area contributed by atoms with E-state index in [0.717, 1.165) is 5.56 Å². The Hall–Kier alpha value is -3.42. The molecule has 0 aliphatic carbocycles. The molecule has 7 nitrogen and oxygen atoms in total. The molecule has 2 aromatic carbocycles. The lowest BCUT2D eigenvalue weighted by Crippen LogP contribution is -2.63. The van der Waals surface area contributed by atoms with Gasteiger partial charge in [0.15, 0.2) is 5.72 Å². The molecule has 0 aromatic heterocycles. The lowest BCUT2D eigenvalue weighted by atomic mass is 9.73. The first-order valence-electron chi connectivity index (χ1n) is 9.25. The number of nitrogens with one attached hydrogen (secondary N) is 1. The minimum Gasteiger partial charge on any atom is -0.468 e. The molecule has 2 bridgehead atoms. The number of hydrazone groups is 1. The maximum absolute atomic E-state index is 13.1. The number of benzene rings is 2. The number of hydrogen-bond donors (Lipinski definition) is 2. The lowest BCUT2D eigenvalue weighted by molar-refractivity contribution is -0.164. The molecule has 1 fully saturated rings. The van der Waals surface area contributed by atoms with E-state index in [1.165, 1.54) is 29.2 Å². The van der Waals surface area contributed by atoms with Gasteiger partial charge in [-0.05, 0) is 42.8 Å². The third kappa shape index (κ3) is 3.20. The predicted octanol–water partition coefficient (Wildman–Crippen LogP) is 2.20. The van der Waals surface area contributed by atoms with Gasteiger partial charge in [0.25, 0.3) is 5.91 Å². The van der Waals surface area contributed by atoms with Crippen molar-refractivity contribution in [2.45, 2.75) is 25.0 Å². The second-order valence-corrected chi connectivity index (χ2v) is 7.48. The Labute approximate surface area is 167 Å². The number of nitrogens with two attached hydrogens (primary N) is 1. The summed E-state index contributed by atoms with van der Waals surface area (Å²) in [6.07, 6.45) is 0.555. The molecule has 3 atom stereocenters. The lowest BCUT2D eigenvalue weighted by Gasteiger charge is -2.51. The quantitative estimate of drug-likeness (QED) is 0.472. The Morgan fingerprint density at radius 3 is 2.69 bits per heavy atom. The van der Waals surface area contributed by atoms with Gasteiger partial charge >= 0.3 is 0 Å². The highest BCUT2D eigenvalue weighted by atomic mass is 19.1. The van der Waals surface area contributed by atoms with Crippen LogP contribution in [0.4, 0.5) is 4.39 Å². The number of amides is 2. The van der Waals surface area contributed by atoms with Crippen molar-refractivity contribution in [3.63, 3.8) is 0 Å². The molecule has 0 spiro atoms.